The van der Waals surface area contributed by atoms with Crippen molar-refractivity contribution in [3.8, 4) is 5.75 Å². The normalized spacial score (nSPS) is 17.3. The van der Waals surface area contributed by atoms with Gasteiger partial charge in [-0.1, -0.05) is 18.2 Å². The van der Waals surface area contributed by atoms with Crippen LogP contribution in [0.3, 0.4) is 0 Å². The Morgan fingerprint density at radius 1 is 1.28 bits per heavy atom. The first-order chi connectivity index (χ1) is 13.9. The molecule has 0 radical (unpaired) electrons. The molecular weight excluding hydrogens is 369 g/mol. The highest BCUT2D eigenvalue weighted by Crippen LogP contribution is 2.23. The van der Waals surface area contributed by atoms with Crippen LogP contribution in [-0.2, 0) is 6.54 Å². The van der Waals surface area contributed by atoms with E-state index in [1.807, 2.05) is 49.9 Å². The van der Waals surface area contributed by atoms with E-state index in [1.54, 1.807) is 19.3 Å². The number of benzene rings is 1. The molecule has 0 amide bonds. The molecule has 7 heteroatoms. The fourth-order valence-electron chi connectivity index (χ4n) is 3.33. The molecule has 1 aromatic heterocycles. The average Bonchev–Trinajstić information content (AvgIpc) is 3.13. The van der Waals surface area contributed by atoms with Crippen molar-refractivity contribution in [2.75, 3.05) is 25.0 Å². The zero-order valence-electron chi connectivity index (χ0n) is 17.6. The zero-order chi connectivity index (χ0) is 20.9. The highest BCUT2D eigenvalue weighted by Gasteiger charge is 2.26. The van der Waals surface area contributed by atoms with Gasteiger partial charge in [0.1, 0.15) is 11.4 Å². The molecule has 1 aliphatic heterocycles. The van der Waals surface area contributed by atoms with Crippen molar-refractivity contribution in [2.45, 2.75) is 45.4 Å². The molecule has 1 atom stereocenters. The Labute approximate surface area is 172 Å². The van der Waals surface area contributed by atoms with Crippen LogP contribution < -0.4 is 20.3 Å². The Balaban J connectivity index is 1.57. The van der Waals surface area contributed by atoms with E-state index in [0.29, 0.717) is 24.9 Å². The van der Waals surface area contributed by atoms with Crippen molar-refractivity contribution in [3.05, 3.63) is 54.0 Å². The third-order valence-electron chi connectivity index (χ3n) is 4.63. The van der Waals surface area contributed by atoms with Crippen molar-refractivity contribution >= 4 is 11.8 Å². The maximum Gasteiger partial charge on any atom is 0.191 e. The summed E-state index contributed by atoms with van der Waals surface area (Å²) in [5.41, 5.74) is 0.804. The number of nitrogens with zero attached hydrogens (tertiary/aromatic N) is 3. The van der Waals surface area contributed by atoms with Gasteiger partial charge in [-0.15, -0.1) is 0 Å². The van der Waals surface area contributed by atoms with E-state index in [2.05, 4.69) is 20.6 Å². The maximum absolute atomic E-state index is 14.0. The zero-order valence-corrected chi connectivity index (χ0v) is 17.6. The molecule has 1 unspecified atom stereocenters. The lowest BCUT2D eigenvalue weighted by atomic mass is 10.1. The third kappa shape index (κ3) is 5.82. The Kier molecular flexibility index (Phi) is 6.56. The lowest BCUT2D eigenvalue weighted by Gasteiger charge is -2.24. The number of pyridine rings is 1. The number of aromatic nitrogens is 1. The fraction of sp³-hybridized carbons (Fsp3) is 0.455. The van der Waals surface area contributed by atoms with Crippen LogP contribution in [0.5, 0.6) is 5.75 Å². The molecule has 3 rings (SSSR count). The van der Waals surface area contributed by atoms with Gasteiger partial charge < -0.3 is 20.3 Å². The molecule has 1 fully saturated rings. The molecule has 156 valence electrons. The highest BCUT2D eigenvalue weighted by atomic mass is 19.1. The molecule has 2 N–H and O–H groups in total. The van der Waals surface area contributed by atoms with Gasteiger partial charge >= 0.3 is 0 Å². The first-order valence-corrected chi connectivity index (χ1v) is 9.95. The molecule has 1 aromatic carbocycles. The van der Waals surface area contributed by atoms with Gasteiger partial charge in [0, 0.05) is 44.5 Å². The third-order valence-corrected chi connectivity index (χ3v) is 4.63. The Hall–Kier alpha value is -2.83. The van der Waals surface area contributed by atoms with E-state index in [0.717, 1.165) is 24.3 Å². The van der Waals surface area contributed by atoms with E-state index in [-0.39, 0.29) is 17.5 Å². The number of halogens is 1. The summed E-state index contributed by atoms with van der Waals surface area (Å²) < 4.78 is 20.0. The first-order valence-electron chi connectivity index (χ1n) is 9.95. The molecule has 1 saturated heterocycles. The Bertz CT molecular complexity index is 849. The van der Waals surface area contributed by atoms with Gasteiger partial charge in [-0.05, 0) is 45.4 Å². The summed E-state index contributed by atoms with van der Waals surface area (Å²) in [6.07, 6.45) is 2.51. The minimum atomic E-state index is -0.286. The highest BCUT2D eigenvalue weighted by molar-refractivity contribution is 5.80. The molecule has 6 nitrogen and oxygen atoms in total. The van der Waals surface area contributed by atoms with Gasteiger partial charge in [-0.25, -0.2) is 9.37 Å². The van der Waals surface area contributed by atoms with E-state index >= 15 is 0 Å². The van der Waals surface area contributed by atoms with Gasteiger partial charge in [0.05, 0.1) is 0 Å². The van der Waals surface area contributed by atoms with Crippen LogP contribution in [0, 0.1) is 5.82 Å². The van der Waals surface area contributed by atoms with Crippen LogP contribution in [0.4, 0.5) is 10.2 Å². The standard InChI is InChI=1S/C22H30FN5O/c1-22(2,3)29-19-10-6-5-8-16(19)14-26-21(24-4)27-17-11-13-28(15-17)20-18(23)9-7-12-25-20/h5-10,12,17H,11,13-15H2,1-4H3,(H2,24,26,27). The molecular formula is C22H30FN5O. The van der Waals surface area contributed by atoms with E-state index in [9.17, 15) is 4.39 Å². The predicted molar refractivity (Wildman–Crippen MR) is 115 cm³/mol. The van der Waals surface area contributed by atoms with Crippen LogP contribution in [0.15, 0.2) is 47.6 Å². The van der Waals surface area contributed by atoms with Gasteiger partial charge in [0.15, 0.2) is 17.6 Å². The number of para-hydroxylation sites is 1. The van der Waals surface area contributed by atoms with Gasteiger partial charge in [-0.3, -0.25) is 4.99 Å². The molecule has 2 heterocycles. The predicted octanol–water partition coefficient (Wildman–Crippen LogP) is 3.34. The molecule has 0 bridgehead atoms. The fourth-order valence-corrected chi connectivity index (χ4v) is 3.33. The monoisotopic (exact) mass is 399 g/mol. The van der Waals surface area contributed by atoms with Crippen LogP contribution in [0.1, 0.15) is 32.8 Å². The summed E-state index contributed by atoms with van der Waals surface area (Å²) in [4.78, 5) is 10.5. The van der Waals surface area contributed by atoms with Gasteiger partial charge in [-0.2, -0.15) is 0 Å². The van der Waals surface area contributed by atoms with Crippen molar-refractivity contribution in [2.24, 2.45) is 4.99 Å². The van der Waals surface area contributed by atoms with Crippen molar-refractivity contribution in [3.63, 3.8) is 0 Å². The number of hydrogen-bond acceptors (Lipinski definition) is 4. The topological polar surface area (TPSA) is 61.8 Å². The lowest BCUT2D eigenvalue weighted by molar-refractivity contribution is 0.129. The summed E-state index contributed by atoms with van der Waals surface area (Å²) in [6, 6.07) is 11.2. The minimum Gasteiger partial charge on any atom is -0.488 e. The summed E-state index contributed by atoms with van der Waals surface area (Å²) in [5.74, 6) is 1.70. The SMILES string of the molecule is CN=C(NCc1ccccc1OC(C)(C)C)NC1CCN(c2ncccc2F)C1. The smallest absolute Gasteiger partial charge is 0.191 e. The average molecular weight is 400 g/mol. The van der Waals surface area contributed by atoms with Crippen LogP contribution in [0.2, 0.25) is 0 Å². The number of anilines is 1. The molecule has 0 aliphatic carbocycles. The van der Waals surface area contributed by atoms with E-state index < -0.39 is 0 Å². The van der Waals surface area contributed by atoms with E-state index in [4.69, 9.17) is 4.74 Å². The summed E-state index contributed by atoms with van der Waals surface area (Å²) in [7, 11) is 1.75. The molecule has 2 aromatic rings. The number of guanidine groups is 1. The number of ether oxygens (including phenoxy) is 1. The molecule has 0 saturated carbocycles. The number of nitrogens with one attached hydrogen (secondary N) is 2. The number of hydrogen-bond donors (Lipinski definition) is 2. The summed E-state index contributed by atoms with van der Waals surface area (Å²) in [5, 5.41) is 6.78. The van der Waals surface area contributed by atoms with Crippen molar-refractivity contribution in [1.82, 2.24) is 15.6 Å². The summed E-state index contributed by atoms with van der Waals surface area (Å²) in [6.45, 7) is 8.14. The van der Waals surface area contributed by atoms with Crippen molar-refractivity contribution < 1.29 is 9.13 Å². The van der Waals surface area contributed by atoms with Crippen LogP contribution in [0.25, 0.3) is 0 Å². The van der Waals surface area contributed by atoms with Crippen LogP contribution >= 0.6 is 0 Å². The quantitative estimate of drug-likeness (QED) is 0.596. The lowest BCUT2D eigenvalue weighted by Crippen LogP contribution is -2.44. The van der Waals surface area contributed by atoms with Gasteiger partial charge in [0.25, 0.3) is 0 Å². The second kappa shape index (κ2) is 9.11. The molecule has 29 heavy (non-hydrogen) atoms. The van der Waals surface area contributed by atoms with Gasteiger partial charge in [0.2, 0.25) is 0 Å². The first kappa shape index (κ1) is 20.9. The second-order valence-electron chi connectivity index (χ2n) is 8.13. The van der Waals surface area contributed by atoms with E-state index in [1.165, 1.54) is 6.07 Å². The maximum atomic E-state index is 14.0. The number of rotatable bonds is 5. The Morgan fingerprint density at radius 2 is 2.07 bits per heavy atom. The summed E-state index contributed by atoms with van der Waals surface area (Å²) >= 11 is 0. The molecule has 1 aliphatic rings. The minimum absolute atomic E-state index is 0.170. The second-order valence-corrected chi connectivity index (χ2v) is 8.13. The number of aliphatic imine (C=N–C) groups is 1. The molecule has 0 spiro atoms. The largest absolute Gasteiger partial charge is 0.488 e. The Morgan fingerprint density at radius 3 is 2.79 bits per heavy atom. The van der Waals surface area contributed by atoms with Crippen molar-refractivity contribution in [1.29, 1.82) is 0 Å². The van der Waals surface area contributed by atoms with Crippen LogP contribution in [-0.4, -0.2) is 42.7 Å².